The van der Waals surface area contributed by atoms with Crippen LogP contribution in [0.4, 0.5) is 0 Å². The van der Waals surface area contributed by atoms with Crippen LogP contribution in [0, 0.1) is 5.92 Å². The van der Waals surface area contributed by atoms with E-state index in [1.54, 1.807) is 0 Å². The van der Waals surface area contributed by atoms with E-state index in [0.717, 1.165) is 5.92 Å². The fraction of sp³-hybridized carbons (Fsp3) is 1.00. The van der Waals surface area contributed by atoms with Crippen molar-refractivity contribution in [2.75, 3.05) is 0 Å². The van der Waals surface area contributed by atoms with Crippen molar-refractivity contribution in [1.29, 1.82) is 0 Å². The van der Waals surface area contributed by atoms with Gasteiger partial charge in [-0.15, -0.1) is 0 Å². The molecule has 0 heterocycles. The molecule has 0 radical (unpaired) electrons. The average molecular weight is 127 g/mol. The predicted octanol–water partition coefficient (Wildman–Crippen LogP) is 1.91. The Hall–Kier alpha value is -0.0400. The highest BCUT2D eigenvalue weighted by atomic mass is 14.7. The third kappa shape index (κ3) is 1.98. The van der Waals surface area contributed by atoms with Crippen molar-refractivity contribution in [3.05, 3.63) is 0 Å². The molecule has 0 aromatic rings. The van der Waals surface area contributed by atoms with Gasteiger partial charge < -0.3 is 5.73 Å². The van der Waals surface area contributed by atoms with E-state index < -0.39 is 0 Å². The van der Waals surface area contributed by atoms with Gasteiger partial charge in [-0.1, -0.05) is 19.8 Å². The molecular weight excluding hydrogens is 110 g/mol. The minimum absolute atomic E-state index is 0.150. The van der Waals surface area contributed by atoms with Gasteiger partial charge in [0.1, 0.15) is 0 Å². The molecule has 0 amide bonds. The average Bonchev–Trinajstić information content (AvgIpc) is 1.60. The van der Waals surface area contributed by atoms with Crippen molar-refractivity contribution in [2.24, 2.45) is 11.7 Å². The van der Waals surface area contributed by atoms with Crippen LogP contribution in [0.5, 0.6) is 0 Å². The van der Waals surface area contributed by atoms with Crippen LogP contribution in [-0.4, -0.2) is 5.54 Å². The van der Waals surface area contributed by atoms with Crippen molar-refractivity contribution in [3.63, 3.8) is 0 Å². The number of nitrogens with two attached hydrogens (primary N) is 1. The lowest BCUT2D eigenvalue weighted by molar-refractivity contribution is 0.256. The van der Waals surface area contributed by atoms with Gasteiger partial charge in [-0.3, -0.25) is 0 Å². The summed E-state index contributed by atoms with van der Waals surface area (Å²) in [6.45, 7) is 4.47. The van der Waals surface area contributed by atoms with E-state index in [9.17, 15) is 0 Å². The van der Waals surface area contributed by atoms with Crippen molar-refractivity contribution in [2.45, 2.75) is 45.1 Å². The lowest BCUT2D eigenvalue weighted by Crippen LogP contribution is -2.40. The fourth-order valence-electron chi connectivity index (χ4n) is 1.85. The van der Waals surface area contributed by atoms with Crippen molar-refractivity contribution < 1.29 is 0 Å². The van der Waals surface area contributed by atoms with Crippen LogP contribution in [0.25, 0.3) is 0 Å². The van der Waals surface area contributed by atoms with Crippen LogP contribution in [0.3, 0.4) is 0 Å². The third-order valence-corrected chi connectivity index (χ3v) is 2.26. The largest absolute Gasteiger partial charge is 0.325 e. The van der Waals surface area contributed by atoms with E-state index in [-0.39, 0.29) is 5.54 Å². The molecule has 1 unspecified atom stereocenters. The zero-order chi connectivity index (χ0) is 6.91. The van der Waals surface area contributed by atoms with Gasteiger partial charge in [0.25, 0.3) is 0 Å². The second kappa shape index (κ2) is 2.30. The van der Waals surface area contributed by atoms with Crippen LogP contribution in [0.15, 0.2) is 0 Å². The normalized spacial score (nSPS) is 45.0. The summed E-state index contributed by atoms with van der Waals surface area (Å²) in [5, 5.41) is 0. The summed E-state index contributed by atoms with van der Waals surface area (Å²) < 4.78 is 0. The maximum Gasteiger partial charge on any atom is 0.0128 e. The molecule has 0 aromatic heterocycles. The minimum Gasteiger partial charge on any atom is -0.325 e. The van der Waals surface area contributed by atoms with E-state index in [1.807, 2.05) is 0 Å². The Bertz CT molecular complexity index is 96.7. The van der Waals surface area contributed by atoms with E-state index in [0.29, 0.717) is 0 Å². The van der Waals surface area contributed by atoms with Crippen LogP contribution in [-0.2, 0) is 0 Å². The quantitative estimate of drug-likeness (QED) is 0.528. The summed E-state index contributed by atoms with van der Waals surface area (Å²) in [5.74, 6) is 0.855. The highest BCUT2D eigenvalue weighted by Crippen LogP contribution is 2.29. The minimum atomic E-state index is 0.150. The van der Waals surface area contributed by atoms with Crippen LogP contribution >= 0.6 is 0 Å². The Kier molecular flexibility index (Phi) is 1.80. The van der Waals surface area contributed by atoms with Gasteiger partial charge in [0, 0.05) is 5.54 Å². The molecule has 1 rings (SSSR count). The molecule has 2 N–H and O–H groups in total. The standard InChI is InChI=1S/C8H17N/c1-7-4-3-5-8(2,9)6-7/h7H,3-6,9H2,1-2H3/t7-,8?/m0/s1. The molecule has 9 heavy (non-hydrogen) atoms. The molecule has 0 aliphatic heterocycles. The molecule has 2 atom stereocenters. The summed E-state index contributed by atoms with van der Waals surface area (Å²) in [4.78, 5) is 0. The monoisotopic (exact) mass is 127 g/mol. The summed E-state index contributed by atoms with van der Waals surface area (Å²) in [6.07, 6.45) is 5.14. The molecule has 0 saturated heterocycles. The second-order valence-corrected chi connectivity index (χ2v) is 3.86. The number of rotatable bonds is 0. The van der Waals surface area contributed by atoms with E-state index in [4.69, 9.17) is 5.73 Å². The Balaban J connectivity index is 2.41. The molecule has 1 fully saturated rings. The van der Waals surface area contributed by atoms with Crippen molar-refractivity contribution in [1.82, 2.24) is 0 Å². The zero-order valence-electron chi connectivity index (χ0n) is 6.48. The highest BCUT2D eigenvalue weighted by molar-refractivity contribution is 4.84. The summed E-state index contributed by atoms with van der Waals surface area (Å²) in [6, 6.07) is 0. The van der Waals surface area contributed by atoms with Crippen molar-refractivity contribution >= 4 is 0 Å². The summed E-state index contributed by atoms with van der Waals surface area (Å²) in [5.41, 5.74) is 6.12. The number of hydrogen-bond acceptors (Lipinski definition) is 1. The molecule has 0 spiro atoms. The predicted molar refractivity (Wildman–Crippen MR) is 40.2 cm³/mol. The van der Waals surface area contributed by atoms with Gasteiger partial charge in [-0.2, -0.15) is 0 Å². The topological polar surface area (TPSA) is 26.0 Å². The fourth-order valence-corrected chi connectivity index (χ4v) is 1.85. The smallest absolute Gasteiger partial charge is 0.0128 e. The first kappa shape index (κ1) is 7.07. The SMILES string of the molecule is C[C@H]1CCCC(C)(N)C1. The van der Waals surface area contributed by atoms with E-state index >= 15 is 0 Å². The van der Waals surface area contributed by atoms with Crippen molar-refractivity contribution in [3.8, 4) is 0 Å². The molecule has 1 aliphatic carbocycles. The highest BCUT2D eigenvalue weighted by Gasteiger charge is 2.25. The lowest BCUT2D eigenvalue weighted by Gasteiger charge is -2.33. The zero-order valence-corrected chi connectivity index (χ0v) is 6.48. The molecule has 1 saturated carbocycles. The van der Waals surface area contributed by atoms with Gasteiger partial charge in [-0.05, 0) is 25.7 Å². The molecule has 1 heteroatoms. The van der Waals surface area contributed by atoms with Crippen LogP contribution in [0.2, 0.25) is 0 Å². The van der Waals surface area contributed by atoms with Gasteiger partial charge >= 0.3 is 0 Å². The molecular formula is C8H17N. The maximum atomic E-state index is 5.97. The number of hydrogen-bond donors (Lipinski definition) is 1. The first-order valence-electron chi connectivity index (χ1n) is 3.89. The molecule has 0 bridgehead atoms. The first-order valence-corrected chi connectivity index (χ1v) is 3.89. The first-order chi connectivity index (χ1) is 4.10. The van der Waals surface area contributed by atoms with Crippen LogP contribution in [0.1, 0.15) is 39.5 Å². The molecule has 0 aromatic carbocycles. The third-order valence-electron chi connectivity index (χ3n) is 2.26. The molecule has 1 aliphatic rings. The van der Waals surface area contributed by atoms with Gasteiger partial charge in [-0.25, -0.2) is 0 Å². The van der Waals surface area contributed by atoms with Gasteiger partial charge in [0.2, 0.25) is 0 Å². The molecule has 1 nitrogen and oxygen atoms in total. The Labute approximate surface area is 57.6 Å². The van der Waals surface area contributed by atoms with E-state index in [2.05, 4.69) is 13.8 Å². The Morgan fingerprint density at radius 3 is 2.56 bits per heavy atom. The summed E-state index contributed by atoms with van der Waals surface area (Å²) in [7, 11) is 0. The second-order valence-electron chi connectivity index (χ2n) is 3.86. The van der Waals surface area contributed by atoms with Gasteiger partial charge in [0.05, 0.1) is 0 Å². The maximum absolute atomic E-state index is 5.97. The van der Waals surface area contributed by atoms with Gasteiger partial charge in [0.15, 0.2) is 0 Å². The van der Waals surface area contributed by atoms with E-state index in [1.165, 1.54) is 25.7 Å². The summed E-state index contributed by atoms with van der Waals surface area (Å²) >= 11 is 0. The van der Waals surface area contributed by atoms with Crippen LogP contribution < -0.4 is 5.73 Å². The Morgan fingerprint density at radius 1 is 1.56 bits per heavy atom. The Morgan fingerprint density at radius 2 is 2.22 bits per heavy atom. The lowest BCUT2D eigenvalue weighted by atomic mass is 9.78. The molecule has 54 valence electrons.